The summed E-state index contributed by atoms with van der Waals surface area (Å²) in [5, 5.41) is 3.24. The van der Waals surface area contributed by atoms with Crippen LogP contribution in [0.3, 0.4) is 0 Å². The highest BCUT2D eigenvalue weighted by atomic mass is 19.4. The molecule has 1 aromatic carbocycles. The topological polar surface area (TPSA) is 28.2 Å². The molecule has 23 heavy (non-hydrogen) atoms. The molecule has 0 fully saturated rings. The van der Waals surface area contributed by atoms with E-state index < -0.39 is 11.7 Å². The van der Waals surface area contributed by atoms with Gasteiger partial charge in [0.2, 0.25) is 0 Å². The van der Waals surface area contributed by atoms with Gasteiger partial charge in [-0.15, -0.1) is 0 Å². The summed E-state index contributed by atoms with van der Waals surface area (Å²) in [6, 6.07) is 9.10. The maximum atomic E-state index is 13.0. The standard InChI is InChI=1S/C17H16F3N3/c1-23-10-9-22-15(16(23)12-5-7-21-8-6-12)13-3-2-4-14(11-13)17(18,19)20/h2-8,11,22H,9-10H2,1H3. The van der Waals surface area contributed by atoms with Crippen LogP contribution in [0.25, 0.3) is 11.4 Å². The van der Waals surface area contributed by atoms with Crippen LogP contribution in [0.15, 0.2) is 48.8 Å². The number of halogens is 3. The van der Waals surface area contributed by atoms with Gasteiger partial charge in [0.05, 0.1) is 17.0 Å². The van der Waals surface area contributed by atoms with E-state index in [0.717, 1.165) is 23.9 Å². The summed E-state index contributed by atoms with van der Waals surface area (Å²) in [7, 11) is 1.93. The van der Waals surface area contributed by atoms with Crippen LogP contribution in [0, 0.1) is 0 Å². The van der Waals surface area contributed by atoms with E-state index in [-0.39, 0.29) is 0 Å². The molecular weight excluding hydrogens is 303 g/mol. The SMILES string of the molecule is CN1CCNC(c2cccc(C(F)(F)F)c2)=C1c1ccncc1. The number of nitrogens with zero attached hydrogens (tertiary/aromatic N) is 2. The van der Waals surface area contributed by atoms with Crippen molar-refractivity contribution in [1.82, 2.24) is 15.2 Å². The van der Waals surface area contributed by atoms with Gasteiger partial charge in [-0.1, -0.05) is 12.1 Å². The Kier molecular flexibility index (Phi) is 3.98. The number of benzene rings is 1. The minimum atomic E-state index is -4.35. The Hall–Kier alpha value is -2.50. The molecule has 6 heteroatoms. The van der Waals surface area contributed by atoms with Crippen LogP contribution in [0.1, 0.15) is 16.7 Å². The van der Waals surface area contributed by atoms with E-state index in [4.69, 9.17) is 0 Å². The van der Waals surface area contributed by atoms with E-state index in [1.54, 1.807) is 18.5 Å². The van der Waals surface area contributed by atoms with Gasteiger partial charge in [-0.2, -0.15) is 13.2 Å². The molecule has 1 N–H and O–H groups in total. The lowest BCUT2D eigenvalue weighted by Gasteiger charge is -2.32. The lowest BCUT2D eigenvalue weighted by molar-refractivity contribution is -0.137. The fraction of sp³-hybridized carbons (Fsp3) is 0.235. The Morgan fingerprint density at radius 2 is 1.83 bits per heavy atom. The van der Waals surface area contributed by atoms with Crippen molar-refractivity contribution in [1.29, 1.82) is 0 Å². The Morgan fingerprint density at radius 3 is 2.52 bits per heavy atom. The average molecular weight is 319 g/mol. The smallest absolute Gasteiger partial charge is 0.381 e. The van der Waals surface area contributed by atoms with E-state index in [0.29, 0.717) is 17.8 Å². The predicted molar refractivity (Wildman–Crippen MR) is 83.1 cm³/mol. The van der Waals surface area contributed by atoms with Crippen LogP contribution >= 0.6 is 0 Å². The minimum absolute atomic E-state index is 0.526. The van der Waals surface area contributed by atoms with Crippen molar-refractivity contribution < 1.29 is 13.2 Å². The molecule has 0 amide bonds. The van der Waals surface area contributed by atoms with E-state index in [1.165, 1.54) is 12.1 Å². The molecule has 0 atom stereocenters. The molecule has 3 rings (SSSR count). The molecule has 3 nitrogen and oxygen atoms in total. The predicted octanol–water partition coefficient (Wildman–Crippen LogP) is 3.46. The maximum Gasteiger partial charge on any atom is 0.416 e. The number of hydrogen-bond acceptors (Lipinski definition) is 3. The second-order valence-electron chi connectivity index (χ2n) is 5.39. The Labute approximate surface area is 132 Å². The molecule has 1 aliphatic rings. The highest BCUT2D eigenvalue weighted by molar-refractivity contribution is 5.89. The van der Waals surface area contributed by atoms with E-state index in [9.17, 15) is 13.2 Å². The third kappa shape index (κ3) is 3.16. The summed E-state index contributed by atoms with van der Waals surface area (Å²) in [6.07, 6.45) is -1.00. The normalized spacial score (nSPS) is 15.6. The molecule has 1 aromatic heterocycles. The number of pyridine rings is 1. The molecule has 0 bridgehead atoms. The van der Waals surface area contributed by atoms with Gasteiger partial charge in [-0.25, -0.2) is 0 Å². The van der Waals surface area contributed by atoms with Crippen molar-refractivity contribution in [2.75, 3.05) is 20.1 Å². The van der Waals surface area contributed by atoms with Crippen LogP contribution < -0.4 is 5.32 Å². The highest BCUT2D eigenvalue weighted by Gasteiger charge is 2.31. The number of nitrogens with one attached hydrogen (secondary N) is 1. The van der Waals surface area contributed by atoms with Crippen LogP contribution in [0.4, 0.5) is 13.2 Å². The van der Waals surface area contributed by atoms with Gasteiger partial charge in [0.25, 0.3) is 0 Å². The lowest BCUT2D eigenvalue weighted by atomic mass is 10.0. The third-order valence-electron chi connectivity index (χ3n) is 3.80. The summed E-state index contributed by atoms with van der Waals surface area (Å²) < 4.78 is 38.9. The van der Waals surface area contributed by atoms with E-state index in [2.05, 4.69) is 10.3 Å². The first kappa shape index (κ1) is 15.4. The van der Waals surface area contributed by atoms with Crippen molar-refractivity contribution in [3.8, 4) is 0 Å². The highest BCUT2D eigenvalue weighted by Crippen LogP contribution is 2.33. The van der Waals surface area contributed by atoms with Crippen molar-refractivity contribution in [2.24, 2.45) is 0 Å². The first-order valence-electron chi connectivity index (χ1n) is 7.24. The van der Waals surface area contributed by atoms with Gasteiger partial charge in [-0.05, 0) is 24.3 Å². The van der Waals surface area contributed by atoms with Crippen LogP contribution in [-0.2, 0) is 6.18 Å². The first-order valence-corrected chi connectivity index (χ1v) is 7.24. The second-order valence-corrected chi connectivity index (χ2v) is 5.39. The summed E-state index contributed by atoms with van der Waals surface area (Å²) in [4.78, 5) is 6.04. The number of likely N-dealkylation sites (N-methyl/N-ethyl adjacent to an activating group) is 1. The first-order chi connectivity index (χ1) is 11.0. The van der Waals surface area contributed by atoms with Crippen LogP contribution in [0.5, 0.6) is 0 Å². The third-order valence-corrected chi connectivity index (χ3v) is 3.80. The van der Waals surface area contributed by atoms with Gasteiger partial charge in [-0.3, -0.25) is 4.98 Å². The van der Waals surface area contributed by atoms with Crippen molar-refractivity contribution in [3.05, 3.63) is 65.5 Å². The molecule has 0 saturated heterocycles. The molecule has 0 unspecified atom stereocenters. The second kappa shape index (κ2) is 5.95. The summed E-state index contributed by atoms with van der Waals surface area (Å²) in [5.41, 5.74) is 2.38. The van der Waals surface area contributed by atoms with Gasteiger partial charge >= 0.3 is 6.18 Å². The molecule has 0 spiro atoms. The molecule has 2 aromatic rings. The molecule has 120 valence electrons. The molecule has 1 aliphatic heterocycles. The molecule has 0 radical (unpaired) electrons. The van der Waals surface area contributed by atoms with Gasteiger partial charge in [0.15, 0.2) is 0 Å². The van der Waals surface area contributed by atoms with Crippen molar-refractivity contribution in [3.63, 3.8) is 0 Å². The zero-order valence-corrected chi connectivity index (χ0v) is 12.6. The molecule has 2 heterocycles. The van der Waals surface area contributed by atoms with Crippen molar-refractivity contribution >= 4 is 11.4 Å². The number of hydrogen-bond donors (Lipinski definition) is 1. The number of alkyl halides is 3. The summed E-state index contributed by atoms with van der Waals surface area (Å²) >= 11 is 0. The molecular formula is C17H16F3N3. The largest absolute Gasteiger partial charge is 0.416 e. The van der Waals surface area contributed by atoms with Gasteiger partial charge < -0.3 is 10.2 Å². The fourth-order valence-electron chi connectivity index (χ4n) is 2.70. The van der Waals surface area contributed by atoms with Gasteiger partial charge in [0, 0.05) is 43.7 Å². The zero-order chi connectivity index (χ0) is 16.4. The number of rotatable bonds is 2. The van der Waals surface area contributed by atoms with Crippen molar-refractivity contribution in [2.45, 2.75) is 6.18 Å². The summed E-state index contributed by atoms with van der Waals surface area (Å²) in [6.45, 7) is 1.46. The average Bonchev–Trinajstić information content (AvgIpc) is 2.55. The van der Waals surface area contributed by atoms with Gasteiger partial charge in [0.1, 0.15) is 0 Å². The Bertz CT molecular complexity index is 723. The summed E-state index contributed by atoms with van der Waals surface area (Å²) in [5.74, 6) is 0. The zero-order valence-electron chi connectivity index (χ0n) is 12.6. The molecule has 0 saturated carbocycles. The Morgan fingerprint density at radius 1 is 1.09 bits per heavy atom. The van der Waals surface area contributed by atoms with Crippen LogP contribution in [0.2, 0.25) is 0 Å². The lowest BCUT2D eigenvalue weighted by Crippen LogP contribution is -2.35. The monoisotopic (exact) mass is 319 g/mol. The Balaban J connectivity index is 2.15. The number of aromatic nitrogens is 1. The van der Waals surface area contributed by atoms with E-state index in [1.807, 2.05) is 24.1 Å². The van der Waals surface area contributed by atoms with Crippen LogP contribution in [-0.4, -0.2) is 30.0 Å². The van der Waals surface area contributed by atoms with E-state index >= 15 is 0 Å². The minimum Gasteiger partial charge on any atom is -0.381 e. The quantitative estimate of drug-likeness (QED) is 0.919. The molecule has 0 aliphatic carbocycles. The maximum absolute atomic E-state index is 13.0. The fourth-order valence-corrected chi connectivity index (χ4v) is 2.70.